The predicted octanol–water partition coefficient (Wildman–Crippen LogP) is 2.64. The lowest BCUT2D eigenvalue weighted by atomic mass is 10.3. The van der Waals surface area contributed by atoms with E-state index in [9.17, 15) is 4.79 Å². The lowest BCUT2D eigenvalue weighted by molar-refractivity contribution is 0.0517. The van der Waals surface area contributed by atoms with Crippen molar-refractivity contribution >= 4 is 28.6 Å². The summed E-state index contributed by atoms with van der Waals surface area (Å²) in [5.41, 5.74) is 0.415. The van der Waals surface area contributed by atoms with E-state index in [1.807, 2.05) is 10.9 Å². The number of aromatic nitrogens is 2. The van der Waals surface area contributed by atoms with Crippen LogP contribution in [0.1, 0.15) is 43.7 Å². The van der Waals surface area contributed by atoms with Crippen LogP contribution in [0.2, 0.25) is 0 Å². The minimum absolute atomic E-state index is 0.307. The number of hydrogen-bond donors (Lipinski definition) is 0. The molecule has 0 aliphatic carbocycles. The van der Waals surface area contributed by atoms with Crippen molar-refractivity contribution in [2.45, 2.75) is 33.2 Å². The first kappa shape index (κ1) is 12.5. The predicted molar refractivity (Wildman–Crippen MR) is 65.9 cm³/mol. The van der Waals surface area contributed by atoms with Gasteiger partial charge >= 0.3 is 5.97 Å². The highest BCUT2D eigenvalue weighted by atomic mass is 127. The molecule has 0 radical (unpaired) electrons. The number of nitrogens with zero attached hydrogens (tertiary/aromatic N) is 2. The molecular formula is C10H15IN2O2. The second-order valence-corrected chi connectivity index (χ2v) is 4.45. The fourth-order valence-electron chi connectivity index (χ4n) is 1.12. The fourth-order valence-corrected chi connectivity index (χ4v) is 1.73. The monoisotopic (exact) mass is 322 g/mol. The summed E-state index contributed by atoms with van der Waals surface area (Å²) >= 11 is 2.10. The molecule has 1 heterocycles. The first-order chi connectivity index (χ1) is 7.10. The van der Waals surface area contributed by atoms with Crippen LogP contribution in [-0.4, -0.2) is 22.4 Å². The summed E-state index contributed by atoms with van der Waals surface area (Å²) in [5.74, 6) is -0.344. The number of rotatable bonds is 4. The SMILES string of the molecule is CCOC(=O)c1nn(C(C)CC)cc1I. The van der Waals surface area contributed by atoms with Crippen LogP contribution in [0.4, 0.5) is 0 Å². The molecular weight excluding hydrogens is 307 g/mol. The van der Waals surface area contributed by atoms with Gasteiger partial charge in [0.2, 0.25) is 0 Å². The summed E-state index contributed by atoms with van der Waals surface area (Å²) in [6, 6.07) is 0.307. The third-order valence-corrected chi connectivity index (χ3v) is 2.99. The molecule has 0 N–H and O–H groups in total. The molecule has 15 heavy (non-hydrogen) atoms. The van der Waals surface area contributed by atoms with E-state index in [4.69, 9.17) is 4.74 Å². The van der Waals surface area contributed by atoms with Crippen LogP contribution in [0, 0.1) is 3.57 Å². The highest BCUT2D eigenvalue weighted by Crippen LogP contribution is 2.16. The van der Waals surface area contributed by atoms with Gasteiger partial charge in [0.25, 0.3) is 0 Å². The molecule has 0 bridgehead atoms. The van der Waals surface area contributed by atoms with Gasteiger partial charge in [0.15, 0.2) is 5.69 Å². The molecule has 0 amide bonds. The zero-order chi connectivity index (χ0) is 11.4. The molecule has 1 rings (SSSR count). The van der Waals surface area contributed by atoms with Gasteiger partial charge in [-0.15, -0.1) is 0 Å². The number of esters is 1. The van der Waals surface area contributed by atoms with Crippen LogP contribution in [0.15, 0.2) is 6.20 Å². The summed E-state index contributed by atoms with van der Waals surface area (Å²) in [7, 11) is 0. The molecule has 0 saturated heterocycles. The zero-order valence-corrected chi connectivity index (χ0v) is 11.3. The van der Waals surface area contributed by atoms with Crippen molar-refractivity contribution in [3.63, 3.8) is 0 Å². The van der Waals surface area contributed by atoms with Gasteiger partial charge in [0.1, 0.15) is 0 Å². The highest BCUT2D eigenvalue weighted by molar-refractivity contribution is 14.1. The lowest BCUT2D eigenvalue weighted by Gasteiger charge is -2.07. The molecule has 1 atom stereocenters. The highest BCUT2D eigenvalue weighted by Gasteiger charge is 2.17. The maximum atomic E-state index is 11.5. The van der Waals surface area contributed by atoms with E-state index in [1.165, 1.54) is 0 Å². The minimum atomic E-state index is -0.344. The molecule has 1 aromatic rings. The van der Waals surface area contributed by atoms with E-state index in [0.717, 1.165) is 9.99 Å². The van der Waals surface area contributed by atoms with Gasteiger partial charge in [-0.25, -0.2) is 4.79 Å². The Morgan fingerprint density at radius 3 is 2.87 bits per heavy atom. The third kappa shape index (κ3) is 2.93. The van der Waals surface area contributed by atoms with Gasteiger partial charge in [-0.3, -0.25) is 4.68 Å². The molecule has 0 fully saturated rings. The molecule has 0 aromatic carbocycles. The first-order valence-corrected chi connectivity index (χ1v) is 6.09. The summed E-state index contributed by atoms with van der Waals surface area (Å²) in [5, 5.41) is 4.23. The molecule has 1 unspecified atom stereocenters. The van der Waals surface area contributed by atoms with Gasteiger partial charge in [0.05, 0.1) is 10.2 Å². The Labute approximate surface area is 103 Å². The second-order valence-electron chi connectivity index (χ2n) is 3.28. The fraction of sp³-hybridized carbons (Fsp3) is 0.600. The summed E-state index contributed by atoms with van der Waals surface area (Å²) in [6.07, 6.45) is 2.86. The number of ether oxygens (including phenoxy) is 1. The van der Waals surface area contributed by atoms with E-state index in [0.29, 0.717) is 18.3 Å². The average Bonchev–Trinajstić information content (AvgIpc) is 2.59. The van der Waals surface area contributed by atoms with Crippen LogP contribution in [0.3, 0.4) is 0 Å². The molecule has 0 aliphatic heterocycles. The van der Waals surface area contributed by atoms with E-state index < -0.39 is 0 Å². The zero-order valence-electron chi connectivity index (χ0n) is 9.16. The standard InChI is InChI=1S/C10H15IN2O2/c1-4-7(3)13-6-8(11)9(12-13)10(14)15-5-2/h6-7H,4-5H2,1-3H3. The average molecular weight is 322 g/mol. The van der Waals surface area contributed by atoms with Crippen LogP contribution in [-0.2, 0) is 4.74 Å². The van der Waals surface area contributed by atoms with Crippen LogP contribution < -0.4 is 0 Å². The van der Waals surface area contributed by atoms with Gasteiger partial charge in [-0.05, 0) is 42.9 Å². The van der Waals surface area contributed by atoms with Crippen LogP contribution in [0.5, 0.6) is 0 Å². The Hall–Kier alpha value is -0.590. The Morgan fingerprint density at radius 2 is 2.33 bits per heavy atom. The summed E-state index contributed by atoms with van der Waals surface area (Å²) < 4.78 is 7.57. The summed E-state index contributed by atoms with van der Waals surface area (Å²) in [4.78, 5) is 11.5. The lowest BCUT2D eigenvalue weighted by Crippen LogP contribution is -2.09. The van der Waals surface area contributed by atoms with Crippen molar-refractivity contribution < 1.29 is 9.53 Å². The molecule has 0 aliphatic rings. The number of halogens is 1. The minimum Gasteiger partial charge on any atom is -0.461 e. The van der Waals surface area contributed by atoms with E-state index >= 15 is 0 Å². The quantitative estimate of drug-likeness (QED) is 0.632. The molecule has 4 nitrogen and oxygen atoms in total. The third-order valence-electron chi connectivity index (χ3n) is 2.20. The van der Waals surface area contributed by atoms with Crippen molar-refractivity contribution in [2.24, 2.45) is 0 Å². The molecule has 1 aromatic heterocycles. The van der Waals surface area contributed by atoms with Gasteiger partial charge in [-0.1, -0.05) is 6.92 Å². The molecule has 5 heteroatoms. The van der Waals surface area contributed by atoms with Crippen molar-refractivity contribution in [1.82, 2.24) is 9.78 Å². The van der Waals surface area contributed by atoms with Crippen molar-refractivity contribution in [1.29, 1.82) is 0 Å². The van der Waals surface area contributed by atoms with Crippen LogP contribution in [0.25, 0.3) is 0 Å². The number of carbonyl (C=O) groups excluding carboxylic acids is 1. The van der Waals surface area contributed by atoms with E-state index in [-0.39, 0.29) is 5.97 Å². The normalized spacial score (nSPS) is 12.5. The Bertz CT molecular complexity index is 349. The molecule has 84 valence electrons. The second kappa shape index (κ2) is 5.48. The topological polar surface area (TPSA) is 44.1 Å². The Kier molecular flexibility index (Phi) is 4.56. The molecule has 0 spiro atoms. The maximum Gasteiger partial charge on any atom is 0.359 e. The Balaban J connectivity index is 2.90. The van der Waals surface area contributed by atoms with Gasteiger partial charge in [0, 0.05) is 12.2 Å². The largest absolute Gasteiger partial charge is 0.461 e. The number of hydrogen-bond acceptors (Lipinski definition) is 3. The van der Waals surface area contributed by atoms with E-state index in [1.54, 1.807) is 6.92 Å². The van der Waals surface area contributed by atoms with Crippen molar-refractivity contribution in [3.8, 4) is 0 Å². The first-order valence-electron chi connectivity index (χ1n) is 5.01. The van der Waals surface area contributed by atoms with Gasteiger partial charge < -0.3 is 4.74 Å². The van der Waals surface area contributed by atoms with Crippen molar-refractivity contribution in [3.05, 3.63) is 15.5 Å². The van der Waals surface area contributed by atoms with Crippen LogP contribution >= 0.6 is 22.6 Å². The van der Waals surface area contributed by atoms with Gasteiger partial charge in [-0.2, -0.15) is 5.10 Å². The summed E-state index contributed by atoms with van der Waals surface area (Å²) in [6.45, 7) is 6.32. The smallest absolute Gasteiger partial charge is 0.359 e. The van der Waals surface area contributed by atoms with Crippen molar-refractivity contribution in [2.75, 3.05) is 6.61 Å². The molecule has 0 saturated carbocycles. The Morgan fingerprint density at radius 1 is 1.67 bits per heavy atom. The maximum absolute atomic E-state index is 11.5. The number of carbonyl (C=O) groups is 1. The van der Waals surface area contributed by atoms with E-state index in [2.05, 4.69) is 41.5 Å².